The van der Waals surface area contributed by atoms with Gasteiger partial charge in [0.2, 0.25) is 0 Å². The highest BCUT2D eigenvalue weighted by Gasteiger charge is 2.23. The zero-order valence-corrected chi connectivity index (χ0v) is 33.8. The second-order valence-corrected chi connectivity index (χ2v) is 16.0. The van der Waals surface area contributed by atoms with Crippen molar-refractivity contribution in [1.29, 1.82) is 0 Å². The fraction of sp³-hybridized carbons (Fsp3) is 0. The largest absolute Gasteiger partial charge is 0.247 e. The van der Waals surface area contributed by atoms with Crippen LogP contribution in [0.25, 0.3) is 110 Å². The maximum absolute atomic E-state index is 5.37. The lowest BCUT2D eigenvalue weighted by molar-refractivity contribution is 1.07. The SMILES string of the molecule is c1ccc(-c2cccc(-c3sc4c(c(-c5ccccc5)nc5ccccc54)c3-c3ccc(-c4ccc(-c5nc(-c6ccccc6)nc(-c6ccccc6)n5)cc4)cc3)c2)cc1. The maximum atomic E-state index is 5.37. The first kappa shape index (κ1) is 36.2. The summed E-state index contributed by atoms with van der Waals surface area (Å²) in [5.41, 5.74) is 14.1. The fourth-order valence-electron chi connectivity index (χ4n) is 8.12. The normalized spacial score (nSPS) is 11.3. The van der Waals surface area contributed by atoms with Crippen LogP contribution in [0.15, 0.2) is 218 Å². The average Bonchev–Trinajstić information content (AvgIpc) is 3.76. The fourth-order valence-corrected chi connectivity index (χ4v) is 9.47. The molecule has 0 aliphatic rings. The molecule has 8 aromatic carbocycles. The third-order valence-corrected chi connectivity index (χ3v) is 12.4. The molecule has 0 amide bonds. The molecule has 4 nitrogen and oxygen atoms in total. The lowest BCUT2D eigenvalue weighted by atomic mass is 9.93. The van der Waals surface area contributed by atoms with E-state index in [0.717, 1.165) is 55.5 Å². The summed E-state index contributed by atoms with van der Waals surface area (Å²) >= 11 is 1.86. The molecule has 11 rings (SSSR count). The lowest BCUT2D eigenvalue weighted by Gasteiger charge is -2.12. The standard InChI is InChI=1S/C56H36N4S/c1-5-16-37(17-6-1)45-24-15-25-46(36-45)52-49(50-51(41-18-7-2-8-19-41)57-48-27-14-13-26-47(48)53(50)61-52)40-32-28-38(29-33-40)39-30-34-44(35-31-39)56-59-54(42-20-9-3-10-21-42)58-55(60-56)43-22-11-4-12-23-43/h1-36H. The van der Waals surface area contributed by atoms with E-state index in [1.807, 2.05) is 72.0 Å². The minimum Gasteiger partial charge on any atom is -0.247 e. The van der Waals surface area contributed by atoms with E-state index in [0.29, 0.717) is 17.5 Å². The van der Waals surface area contributed by atoms with Crippen LogP contribution >= 0.6 is 11.3 Å². The third kappa shape index (κ3) is 6.97. The monoisotopic (exact) mass is 796 g/mol. The molecular weight excluding hydrogens is 761 g/mol. The molecule has 0 unspecified atom stereocenters. The molecule has 3 aromatic heterocycles. The Balaban J connectivity index is 1.02. The second kappa shape index (κ2) is 15.7. The highest BCUT2D eigenvalue weighted by molar-refractivity contribution is 7.24. The zero-order chi connectivity index (χ0) is 40.5. The number of fused-ring (bicyclic) bond motifs is 3. The molecule has 5 heteroatoms. The van der Waals surface area contributed by atoms with Crippen LogP contribution in [-0.2, 0) is 0 Å². The van der Waals surface area contributed by atoms with Gasteiger partial charge in [-0.1, -0.05) is 206 Å². The smallest absolute Gasteiger partial charge is 0.164 e. The first-order chi connectivity index (χ1) is 30.2. The van der Waals surface area contributed by atoms with Gasteiger partial charge in [-0.25, -0.2) is 19.9 Å². The summed E-state index contributed by atoms with van der Waals surface area (Å²) in [7, 11) is 0. The van der Waals surface area contributed by atoms with Crippen molar-refractivity contribution in [2.24, 2.45) is 0 Å². The van der Waals surface area contributed by atoms with E-state index in [-0.39, 0.29) is 0 Å². The molecule has 3 heterocycles. The summed E-state index contributed by atoms with van der Waals surface area (Å²) in [6.45, 7) is 0. The predicted molar refractivity (Wildman–Crippen MR) is 254 cm³/mol. The number of hydrogen-bond donors (Lipinski definition) is 0. The van der Waals surface area contributed by atoms with E-state index >= 15 is 0 Å². The molecule has 0 fully saturated rings. The van der Waals surface area contributed by atoms with Crippen LogP contribution in [0.2, 0.25) is 0 Å². The Hall–Kier alpha value is -7.86. The number of aromatic nitrogens is 4. The van der Waals surface area contributed by atoms with Crippen molar-refractivity contribution < 1.29 is 0 Å². The molecule has 0 spiro atoms. The summed E-state index contributed by atoms with van der Waals surface area (Å²) in [5, 5.41) is 2.34. The van der Waals surface area contributed by atoms with Crippen molar-refractivity contribution in [3.63, 3.8) is 0 Å². The molecule has 0 atom stereocenters. The zero-order valence-electron chi connectivity index (χ0n) is 33.0. The minimum absolute atomic E-state index is 0.637. The van der Waals surface area contributed by atoms with Crippen molar-refractivity contribution in [1.82, 2.24) is 19.9 Å². The van der Waals surface area contributed by atoms with Crippen LogP contribution in [0.4, 0.5) is 0 Å². The molecule has 61 heavy (non-hydrogen) atoms. The van der Waals surface area contributed by atoms with Gasteiger partial charge >= 0.3 is 0 Å². The van der Waals surface area contributed by atoms with Gasteiger partial charge in [0, 0.05) is 48.2 Å². The van der Waals surface area contributed by atoms with E-state index in [9.17, 15) is 0 Å². The molecule has 0 N–H and O–H groups in total. The van der Waals surface area contributed by atoms with Crippen LogP contribution in [0.1, 0.15) is 0 Å². The van der Waals surface area contributed by atoms with E-state index < -0.39 is 0 Å². The number of para-hydroxylation sites is 1. The van der Waals surface area contributed by atoms with E-state index in [1.54, 1.807) is 0 Å². The van der Waals surface area contributed by atoms with Gasteiger partial charge in [0.15, 0.2) is 17.5 Å². The molecule has 0 aliphatic heterocycles. The molecule has 0 saturated carbocycles. The summed E-state index contributed by atoms with van der Waals surface area (Å²) in [4.78, 5) is 21.3. The van der Waals surface area contributed by atoms with Gasteiger partial charge in [-0.05, 0) is 45.5 Å². The van der Waals surface area contributed by atoms with Crippen molar-refractivity contribution in [3.8, 4) is 89.2 Å². The van der Waals surface area contributed by atoms with Gasteiger partial charge in [0.05, 0.1) is 11.2 Å². The number of thiophene rings is 1. The minimum atomic E-state index is 0.637. The van der Waals surface area contributed by atoms with Crippen LogP contribution in [0.3, 0.4) is 0 Å². The third-order valence-electron chi connectivity index (χ3n) is 11.2. The number of rotatable bonds is 8. The highest BCUT2D eigenvalue weighted by Crippen LogP contribution is 2.50. The van der Waals surface area contributed by atoms with Gasteiger partial charge in [-0.3, -0.25) is 0 Å². The molecular formula is C56H36N4S. The number of hydrogen-bond acceptors (Lipinski definition) is 5. The quantitative estimate of drug-likeness (QED) is 0.154. The van der Waals surface area contributed by atoms with E-state index in [1.165, 1.54) is 37.2 Å². The molecule has 0 radical (unpaired) electrons. The Bertz CT molecular complexity index is 3250. The highest BCUT2D eigenvalue weighted by atomic mass is 32.1. The first-order valence-corrected chi connectivity index (χ1v) is 21.2. The summed E-state index contributed by atoms with van der Waals surface area (Å²) in [6.07, 6.45) is 0. The Morgan fingerprint density at radius 1 is 0.295 bits per heavy atom. The average molecular weight is 797 g/mol. The second-order valence-electron chi connectivity index (χ2n) is 15.0. The summed E-state index contributed by atoms with van der Waals surface area (Å²) in [5.74, 6) is 1.93. The van der Waals surface area contributed by atoms with Crippen molar-refractivity contribution in [3.05, 3.63) is 218 Å². The van der Waals surface area contributed by atoms with Crippen LogP contribution in [0.5, 0.6) is 0 Å². The number of nitrogens with zero attached hydrogens (tertiary/aromatic N) is 4. The van der Waals surface area contributed by atoms with Gasteiger partial charge in [-0.15, -0.1) is 11.3 Å². The summed E-state index contributed by atoms with van der Waals surface area (Å²) < 4.78 is 1.24. The first-order valence-electron chi connectivity index (χ1n) is 20.4. The molecule has 286 valence electrons. The molecule has 0 aliphatic carbocycles. The Morgan fingerprint density at radius 2 is 0.705 bits per heavy atom. The summed E-state index contributed by atoms with van der Waals surface area (Å²) in [6, 6.07) is 76.4. The van der Waals surface area contributed by atoms with Gasteiger partial charge in [-0.2, -0.15) is 0 Å². The van der Waals surface area contributed by atoms with E-state index in [2.05, 4.69) is 158 Å². The van der Waals surface area contributed by atoms with Crippen molar-refractivity contribution >= 4 is 32.3 Å². The van der Waals surface area contributed by atoms with Crippen LogP contribution in [-0.4, -0.2) is 19.9 Å². The van der Waals surface area contributed by atoms with Gasteiger partial charge in [0.25, 0.3) is 0 Å². The van der Waals surface area contributed by atoms with Crippen molar-refractivity contribution in [2.75, 3.05) is 0 Å². The topological polar surface area (TPSA) is 51.6 Å². The number of pyridine rings is 1. The van der Waals surface area contributed by atoms with Gasteiger partial charge < -0.3 is 0 Å². The van der Waals surface area contributed by atoms with E-state index in [4.69, 9.17) is 19.9 Å². The Labute approximate surface area is 358 Å². The van der Waals surface area contributed by atoms with Crippen LogP contribution < -0.4 is 0 Å². The Morgan fingerprint density at radius 3 is 1.28 bits per heavy atom. The Kier molecular flexibility index (Phi) is 9.34. The molecule has 0 bridgehead atoms. The lowest BCUT2D eigenvalue weighted by Crippen LogP contribution is -2.00. The molecule has 11 aromatic rings. The van der Waals surface area contributed by atoms with Gasteiger partial charge in [0.1, 0.15) is 0 Å². The maximum Gasteiger partial charge on any atom is 0.164 e. The number of benzene rings is 8. The molecule has 0 saturated heterocycles. The van der Waals surface area contributed by atoms with Crippen molar-refractivity contribution in [2.45, 2.75) is 0 Å². The van der Waals surface area contributed by atoms with Crippen LogP contribution in [0, 0.1) is 0 Å². The predicted octanol–water partition coefficient (Wildman–Crippen LogP) is 15.0.